The van der Waals surface area contributed by atoms with Crippen LogP contribution in [0.3, 0.4) is 0 Å². The van der Waals surface area contributed by atoms with E-state index in [4.69, 9.17) is 4.74 Å². The van der Waals surface area contributed by atoms with E-state index in [2.05, 4.69) is 51.4 Å². The van der Waals surface area contributed by atoms with Gasteiger partial charge in [0.25, 0.3) is 0 Å². The summed E-state index contributed by atoms with van der Waals surface area (Å²) in [6, 6.07) is 11.1. The first-order chi connectivity index (χ1) is 7.11. The Bertz CT molecular complexity index is 321. The van der Waals surface area contributed by atoms with Crippen LogP contribution in [0.2, 0.25) is 0 Å². The van der Waals surface area contributed by atoms with Gasteiger partial charge in [-0.25, -0.2) is 0 Å². The molecule has 2 heteroatoms. The number of ether oxygens (including phenoxy) is 1. The predicted octanol–water partition coefficient (Wildman–Crippen LogP) is 2.22. The lowest BCUT2D eigenvalue weighted by atomic mass is 9.99. The van der Waals surface area contributed by atoms with Crippen molar-refractivity contribution in [3.63, 3.8) is 0 Å². The monoisotopic (exact) mass is 206 g/mol. The highest BCUT2D eigenvalue weighted by Crippen LogP contribution is 2.30. The molecule has 0 radical (unpaired) electrons. The summed E-state index contributed by atoms with van der Waals surface area (Å²) < 4.78 is 6.94. The van der Waals surface area contributed by atoms with Crippen molar-refractivity contribution in [1.29, 1.82) is 0 Å². The van der Waals surface area contributed by atoms with Crippen LogP contribution in [-0.4, -0.2) is 37.8 Å². The fourth-order valence-corrected chi connectivity index (χ4v) is 2.14. The summed E-state index contributed by atoms with van der Waals surface area (Å²) >= 11 is 0. The van der Waals surface area contributed by atoms with Crippen molar-refractivity contribution in [2.24, 2.45) is 0 Å². The van der Waals surface area contributed by atoms with E-state index in [1.807, 2.05) is 0 Å². The molecule has 1 aliphatic heterocycles. The first-order valence-corrected chi connectivity index (χ1v) is 5.60. The molecule has 1 heterocycles. The van der Waals surface area contributed by atoms with Gasteiger partial charge in [0, 0.05) is 0 Å². The lowest BCUT2D eigenvalue weighted by Crippen LogP contribution is -2.55. The van der Waals surface area contributed by atoms with Gasteiger partial charge >= 0.3 is 0 Å². The molecule has 2 rings (SSSR count). The number of hydrogen-bond donors (Lipinski definition) is 0. The third kappa shape index (κ3) is 2.06. The van der Waals surface area contributed by atoms with Crippen LogP contribution in [0.1, 0.15) is 18.6 Å². The van der Waals surface area contributed by atoms with Crippen molar-refractivity contribution < 1.29 is 9.22 Å². The molecule has 15 heavy (non-hydrogen) atoms. The Morgan fingerprint density at radius 3 is 2.53 bits per heavy atom. The highest BCUT2D eigenvalue weighted by molar-refractivity contribution is 5.18. The van der Waals surface area contributed by atoms with Crippen molar-refractivity contribution in [2.75, 3.05) is 27.2 Å². The largest absolute Gasteiger partial charge is 0.361 e. The van der Waals surface area contributed by atoms with E-state index in [0.717, 1.165) is 17.6 Å². The zero-order chi connectivity index (χ0) is 10.9. The fraction of sp³-hybridized carbons (Fsp3) is 0.538. The number of nitrogens with zero attached hydrogens (tertiary/aromatic N) is 1. The lowest BCUT2D eigenvalue weighted by molar-refractivity contribution is -0.926. The molecule has 2 unspecified atom stereocenters. The minimum absolute atomic E-state index is 0.245. The van der Waals surface area contributed by atoms with Gasteiger partial charge in [0.05, 0.1) is 20.7 Å². The molecule has 1 fully saturated rings. The standard InChI is InChI=1S/C13H20NO/c1-11-13(12-7-5-4-6-8-12)15-10-9-14(11,2)3/h4-8,11,13H,9-10H2,1-3H3/q+1. The second-order valence-electron chi connectivity index (χ2n) is 4.94. The quantitative estimate of drug-likeness (QED) is 0.640. The Labute approximate surface area is 92.1 Å². The number of likely N-dealkylation sites (N-methyl/N-ethyl adjacent to an activating group) is 1. The number of benzene rings is 1. The molecule has 0 bridgehead atoms. The topological polar surface area (TPSA) is 9.23 Å². The van der Waals surface area contributed by atoms with Gasteiger partial charge in [-0.1, -0.05) is 30.3 Å². The van der Waals surface area contributed by atoms with Gasteiger partial charge in [0.1, 0.15) is 18.7 Å². The highest BCUT2D eigenvalue weighted by atomic mass is 16.5. The van der Waals surface area contributed by atoms with Gasteiger partial charge in [-0.3, -0.25) is 0 Å². The molecule has 0 aromatic heterocycles. The lowest BCUT2D eigenvalue weighted by Gasteiger charge is -2.44. The number of hydrogen-bond acceptors (Lipinski definition) is 1. The Morgan fingerprint density at radius 1 is 1.20 bits per heavy atom. The Balaban J connectivity index is 2.23. The second kappa shape index (κ2) is 3.95. The van der Waals surface area contributed by atoms with Crippen molar-refractivity contribution in [3.05, 3.63) is 35.9 Å². The van der Waals surface area contributed by atoms with Gasteiger partial charge < -0.3 is 9.22 Å². The van der Waals surface area contributed by atoms with E-state index >= 15 is 0 Å². The summed E-state index contributed by atoms with van der Waals surface area (Å²) in [7, 11) is 4.56. The van der Waals surface area contributed by atoms with Crippen LogP contribution in [0.5, 0.6) is 0 Å². The summed E-state index contributed by atoms with van der Waals surface area (Å²) in [6.45, 7) is 4.23. The van der Waals surface area contributed by atoms with Crippen LogP contribution in [-0.2, 0) is 4.74 Å². The maximum Gasteiger partial charge on any atom is 0.134 e. The molecule has 82 valence electrons. The molecule has 0 N–H and O–H groups in total. The van der Waals surface area contributed by atoms with Crippen LogP contribution in [0.4, 0.5) is 0 Å². The average molecular weight is 206 g/mol. The molecule has 1 aromatic rings. The van der Waals surface area contributed by atoms with E-state index in [1.54, 1.807) is 0 Å². The van der Waals surface area contributed by atoms with E-state index in [0.29, 0.717) is 6.04 Å². The third-order valence-corrected chi connectivity index (χ3v) is 3.63. The zero-order valence-corrected chi connectivity index (χ0v) is 9.81. The molecular formula is C13H20NO+. The average Bonchev–Trinajstić information content (AvgIpc) is 2.23. The number of quaternary nitrogens is 1. The summed E-state index contributed by atoms with van der Waals surface area (Å²) in [5.74, 6) is 0. The normalized spacial score (nSPS) is 30.1. The number of morpholine rings is 1. The molecule has 0 amide bonds. The van der Waals surface area contributed by atoms with Crippen LogP contribution in [0.25, 0.3) is 0 Å². The molecule has 2 atom stereocenters. The van der Waals surface area contributed by atoms with Gasteiger partial charge in [0.15, 0.2) is 0 Å². The smallest absolute Gasteiger partial charge is 0.134 e. The molecule has 0 saturated carbocycles. The fourth-order valence-electron chi connectivity index (χ4n) is 2.14. The molecule has 1 saturated heterocycles. The zero-order valence-electron chi connectivity index (χ0n) is 9.81. The van der Waals surface area contributed by atoms with Crippen molar-refractivity contribution >= 4 is 0 Å². The third-order valence-electron chi connectivity index (χ3n) is 3.63. The van der Waals surface area contributed by atoms with Gasteiger partial charge in [0.2, 0.25) is 0 Å². The maximum absolute atomic E-state index is 5.90. The Kier molecular flexibility index (Phi) is 2.81. The van der Waals surface area contributed by atoms with Crippen molar-refractivity contribution in [1.82, 2.24) is 0 Å². The van der Waals surface area contributed by atoms with E-state index in [9.17, 15) is 0 Å². The summed E-state index contributed by atoms with van der Waals surface area (Å²) in [5, 5.41) is 0. The van der Waals surface area contributed by atoms with Crippen LogP contribution < -0.4 is 0 Å². The molecule has 1 aromatic carbocycles. The molecule has 0 spiro atoms. The van der Waals surface area contributed by atoms with E-state index < -0.39 is 0 Å². The molecular weight excluding hydrogens is 186 g/mol. The molecule has 2 nitrogen and oxygen atoms in total. The Hall–Kier alpha value is -0.860. The second-order valence-corrected chi connectivity index (χ2v) is 4.94. The maximum atomic E-state index is 5.90. The van der Waals surface area contributed by atoms with E-state index in [1.165, 1.54) is 5.56 Å². The van der Waals surface area contributed by atoms with Crippen LogP contribution >= 0.6 is 0 Å². The first-order valence-electron chi connectivity index (χ1n) is 5.60. The van der Waals surface area contributed by atoms with Crippen LogP contribution in [0, 0.1) is 0 Å². The van der Waals surface area contributed by atoms with Crippen molar-refractivity contribution in [3.8, 4) is 0 Å². The van der Waals surface area contributed by atoms with Crippen molar-refractivity contribution in [2.45, 2.75) is 19.1 Å². The summed E-state index contributed by atoms with van der Waals surface area (Å²) in [4.78, 5) is 0. The summed E-state index contributed by atoms with van der Waals surface area (Å²) in [5.41, 5.74) is 1.30. The SMILES string of the molecule is CC1C(c2ccccc2)OCC[N+]1(C)C. The highest BCUT2D eigenvalue weighted by Gasteiger charge is 2.37. The predicted molar refractivity (Wildman–Crippen MR) is 61.6 cm³/mol. The van der Waals surface area contributed by atoms with Gasteiger partial charge in [-0.15, -0.1) is 0 Å². The minimum Gasteiger partial charge on any atom is -0.361 e. The molecule has 1 aliphatic rings. The van der Waals surface area contributed by atoms with E-state index in [-0.39, 0.29) is 6.10 Å². The number of rotatable bonds is 1. The molecule has 0 aliphatic carbocycles. The summed E-state index contributed by atoms with van der Waals surface area (Å²) in [6.07, 6.45) is 0.245. The first kappa shape index (κ1) is 10.7. The van der Waals surface area contributed by atoms with Gasteiger partial charge in [-0.05, 0) is 12.5 Å². The van der Waals surface area contributed by atoms with Crippen LogP contribution in [0.15, 0.2) is 30.3 Å². The van der Waals surface area contributed by atoms with Gasteiger partial charge in [-0.2, -0.15) is 0 Å². The Morgan fingerprint density at radius 2 is 1.87 bits per heavy atom. The minimum atomic E-state index is 0.245.